The Morgan fingerprint density at radius 3 is 2.65 bits per heavy atom. The molecule has 0 amide bonds. The molecule has 0 aliphatic carbocycles. The molecule has 0 N–H and O–H groups in total. The van der Waals surface area contributed by atoms with Crippen LogP contribution in [0, 0.1) is 11.8 Å². The quantitative estimate of drug-likeness (QED) is 0.609. The molecule has 0 atom stereocenters. The van der Waals surface area contributed by atoms with Crippen LogP contribution in [0.25, 0.3) is 0 Å². The van der Waals surface area contributed by atoms with E-state index in [-0.39, 0.29) is 10.9 Å². The third-order valence-electron chi connectivity index (χ3n) is 1.93. The van der Waals surface area contributed by atoms with E-state index in [0.29, 0.717) is 16.3 Å². The summed E-state index contributed by atoms with van der Waals surface area (Å²) in [6.07, 6.45) is 0. The maximum atomic E-state index is 11.3. The predicted octanol–water partition coefficient (Wildman–Crippen LogP) is 3.17. The van der Waals surface area contributed by atoms with Gasteiger partial charge in [-0.15, -0.1) is 0 Å². The molecule has 0 bridgehead atoms. The van der Waals surface area contributed by atoms with Gasteiger partial charge in [-0.2, -0.15) is 0 Å². The van der Waals surface area contributed by atoms with Crippen molar-refractivity contribution in [3.05, 3.63) is 34.3 Å². The van der Waals surface area contributed by atoms with Gasteiger partial charge in [0.15, 0.2) is 10.9 Å². The van der Waals surface area contributed by atoms with Crippen molar-refractivity contribution in [3.8, 4) is 11.8 Å². The number of ketones is 1. The molecule has 0 aliphatic rings. The topological polar surface area (TPSA) is 34.1 Å². The summed E-state index contributed by atoms with van der Waals surface area (Å²) in [5, 5.41) is 0.473. The first-order chi connectivity index (χ1) is 8.00. The average molecular weight is 267 g/mol. The van der Waals surface area contributed by atoms with E-state index >= 15 is 0 Å². The van der Waals surface area contributed by atoms with Crippen molar-refractivity contribution in [3.63, 3.8) is 0 Å². The maximum absolute atomic E-state index is 11.3. The van der Waals surface area contributed by atoms with Crippen molar-refractivity contribution >= 4 is 34.3 Å². The lowest BCUT2D eigenvalue weighted by Crippen LogP contribution is -1.94. The minimum Gasteiger partial charge on any atom is -0.294 e. The van der Waals surface area contributed by atoms with E-state index in [1.165, 1.54) is 13.8 Å². The Morgan fingerprint density at radius 1 is 1.35 bits per heavy atom. The standard InChI is InChI=1S/C13H11ClO2S/c1-9(15)12-8-11(5-6-13(12)14)4-3-7-17-10(2)16/h5-6,8H,7H2,1-2H3. The second kappa shape index (κ2) is 6.48. The van der Waals surface area contributed by atoms with Crippen LogP contribution in [0.3, 0.4) is 0 Å². The molecule has 0 radical (unpaired) electrons. The molecule has 1 aromatic carbocycles. The molecule has 0 aromatic heterocycles. The van der Waals surface area contributed by atoms with Crippen molar-refractivity contribution in [1.82, 2.24) is 0 Å². The second-order valence-electron chi connectivity index (χ2n) is 3.33. The number of thioether (sulfide) groups is 1. The molecular formula is C13H11ClO2S. The lowest BCUT2D eigenvalue weighted by molar-refractivity contribution is -0.109. The van der Waals surface area contributed by atoms with E-state index in [4.69, 9.17) is 11.6 Å². The molecule has 0 fully saturated rings. The fourth-order valence-electron chi connectivity index (χ4n) is 1.15. The number of hydrogen-bond acceptors (Lipinski definition) is 3. The Balaban J connectivity index is 2.82. The maximum Gasteiger partial charge on any atom is 0.186 e. The van der Waals surface area contributed by atoms with Crippen LogP contribution >= 0.6 is 23.4 Å². The van der Waals surface area contributed by atoms with Crippen LogP contribution in [-0.2, 0) is 4.79 Å². The van der Waals surface area contributed by atoms with Crippen molar-refractivity contribution in [2.45, 2.75) is 13.8 Å². The molecule has 0 unspecified atom stereocenters. The van der Waals surface area contributed by atoms with Crippen LogP contribution in [0.4, 0.5) is 0 Å². The average Bonchev–Trinajstić information content (AvgIpc) is 2.25. The molecule has 1 rings (SSSR count). The molecule has 17 heavy (non-hydrogen) atoms. The molecule has 2 nitrogen and oxygen atoms in total. The van der Waals surface area contributed by atoms with Crippen LogP contribution in [0.1, 0.15) is 29.8 Å². The van der Waals surface area contributed by atoms with E-state index in [0.717, 1.165) is 17.3 Å². The number of carbonyl (C=O) groups is 2. The molecule has 0 aliphatic heterocycles. The zero-order valence-corrected chi connectivity index (χ0v) is 11.1. The zero-order valence-electron chi connectivity index (χ0n) is 9.54. The molecule has 1 aromatic rings. The van der Waals surface area contributed by atoms with Gasteiger partial charge in [0.25, 0.3) is 0 Å². The summed E-state index contributed by atoms with van der Waals surface area (Å²) in [5.74, 6) is 6.11. The van der Waals surface area contributed by atoms with Crippen molar-refractivity contribution in [2.24, 2.45) is 0 Å². The Bertz CT molecular complexity index is 512. The first-order valence-electron chi connectivity index (χ1n) is 4.93. The largest absolute Gasteiger partial charge is 0.294 e. The monoisotopic (exact) mass is 266 g/mol. The minimum atomic E-state index is -0.0863. The summed E-state index contributed by atoms with van der Waals surface area (Å²) in [5.41, 5.74) is 1.20. The minimum absolute atomic E-state index is 0.0415. The van der Waals surface area contributed by atoms with E-state index < -0.39 is 0 Å². The normalized spacial score (nSPS) is 9.35. The van der Waals surface area contributed by atoms with Crippen LogP contribution in [0.2, 0.25) is 5.02 Å². The molecule has 0 saturated heterocycles. The van der Waals surface area contributed by atoms with E-state index in [9.17, 15) is 9.59 Å². The summed E-state index contributed by atoms with van der Waals surface area (Å²) >= 11 is 7.03. The van der Waals surface area contributed by atoms with Crippen LogP contribution in [0.15, 0.2) is 18.2 Å². The van der Waals surface area contributed by atoms with E-state index in [1.807, 2.05) is 0 Å². The molecule has 88 valence electrons. The zero-order chi connectivity index (χ0) is 12.8. The molecule has 0 spiro atoms. The Morgan fingerprint density at radius 2 is 2.06 bits per heavy atom. The molecule has 0 heterocycles. The lowest BCUT2D eigenvalue weighted by Gasteiger charge is -1.99. The highest BCUT2D eigenvalue weighted by atomic mass is 35.5. The van der Waals surface area contributed by atoms with Gasteiger partial charge in [-0.25, -0.2) is 0 Å². The first kappa shape index (κ1) is 13.8. The van der Waals surface area contributed by atoms with E-state index in [1.54, 1.807) is 18.2 Å². The lowest BCUT2D eigenvalue weighted by atomic mass is 10.1. The highest BCUT2D eigenvalue weighted by molar-refractivity contribution is 8.13. The molecule has 4 heteroatoms. The summed E-state index contributed by atoms with van der Waals surface area (Å²) in [6, 6.07) is 5.07. The van der Waals surface area contributed by atoms with Crippen molar-refractivity contribution in [1.29, 1.82) is 0 Å². The summed E-state index contributed by atoms with van der Waals surface area (Å²) < 4.78 is 0. The summed E-state index contributed by atoms with van der Waals surface area (Å²) in [7, 11) is 0. The Hall–Kier alpha value is -1.24. The Labute approximate surface area is 110 Å². The van der Waals surface area contributed by atoms with Crippen molar-refractivity contribution < 1.29 is 9.59 Å². The van der Waals surface area contributed by atoms with Gasteiger partial charge in [0, 0.05) is 18.1 Å². The number of benzene rings is 1. The first-order valence-corrected chi connectivity index (χ1v) is 6.30. The SMILES string of the molecule is CC(=O)SCC#Cc1ccc(Cl)c(C(C)=O)c1. The second-order valence-corrected chi connectivity index (χ2v) is 4.89. The summed E-state index contributed by atoms with van der Waals surface area (Å²) in [6.45, 7) is 2.96. The molecular weight excluding hydrogens is 256 g/mol. The van der Waals surface area contributed by atoms with E-state index in [2.05, 4.69) is 11.8 Å². The van der Waals surface area contributed by atoms with Crippen LogP contribution in [-0.4, -0.2) is 16.7 Å². The van der Waals surface area contributed by atoms with Gasteiger partial charge in [-0.05, 0) is 25.1 Å². The van der Waals surface area contributed by atoms with Gasteiger partial charge < -0.3 is 0 Å². The fourth-order valence-corrected chi connectivity index (χ4v) is 1.75. The summed E-state index contributed by atoms with van der Waals surface area (Å²) in [4.78, 5) is 21.9. The number of halogens is 1. The highest BCUT2D eigenvalue weighted by Gasteiger charge is 2.05. The molecule has 0 saturated carbocycles. The number of hydrogen-bond donors (Lipinski definition) is 0. The van der Waals surface area contributed by atoms with Gasteiger partial charge in [0.05, 0.1) is 10.8 Å². The van der Waals surface area contributed by atoms with Crippen LogP contribution < -0.4 is 0 Å². The third-order valence-corrected chi connectivity index (χ3v) is 2.95. The highest BCUT2D eigenvalue weighted by Crippen LogP contribution is 2.17. The number of carbonyl (C=O) groups excluding carboxylic acids is 2. The van der Waals surface area contributed by atoms with Crippen LogP contribution in [0.5, 0.6) is 0 Å². The van der Waals surface area contributed by atoms with Crippen molar-refractivity contribution in [2.75, 3.05) is 5.75 Å². The van der Waals surface area contributed by atoms with Gasteiger partial charge in [0.1, 0.15) is 0 Å². The number of Topliss-reactive ketones (excluding diaryl/α,β-unsaturated/α-hetero) is 1. The van der Waals surface area contributed by atoms with Gasteiger partial charge >= 0.3 is 0 Å². The number of rotatable bonds is 2. The Kier molecular flexibility index (Phi) is 5.27. The fraction of sp³-hybridized carbons (Fsp3) is 0.231. The van der Waals surface area contributed by atoms with Gasteiger partial charge in [0.2, 0.25) is 0 Å². The van der Waals surface area contributed by atoms with Gasteiger partial charge in [-0.1, -0.05) is 35.2 Å². The third kappa shape index (κ3) is 4.64. The smallest absolute Gasteiger partial charge is 0.186 e. The van der Waals surface area contributed by atoms with Gasteiger partial charge in [-0.3, -0.25) is 9.59 Å². The predicted molar refractivity (Wildman–Crippen MR) is 71.5 cm³/mol.